The number of carbonyl (C=O) groups excluding carboxylic acids is 2. The predicted molar refractivity (Wildman–Crippen MR) is 183 cm³/mol. The Morgan fingerprint density at radius 2 is 1.67 bits per heavy atom. The van der Waals surface area contributed by atoms with Crippen LogP contribution in [0, 0.1) is 13.8 Å². The van der Waals surface area contributed by atoms with Crippen LogP contribution in [-0.4, -0.2) is 34.5 Å². The molecule has 2 amide bonds. The molecule has 0 saturated heterocycles. The number of rotatable bonds is 11. The molecule has 8 nitrogen and oxygen atoms in total. The average Bonchev–Trinajstić information content (AvgIpc) is 3.46. The number of hydrogen-bond donors (Lipinski definition) is 2. The van der Waals surface area contributed by atoms with Crippen LogP contribution in [0.15, 0.2) is 35.4 Å². The molecule has 242 valence electrons. The van der Waals surface area contributed by atoms with E-state index in [0.717, 1.165) is 23.6 Å². The fourth-order valence-electron chi connectivity index (χ4n) is 5.31. The van der Waals surface area contributed by atoms with Crippen molar-refractivity contribution in [3.63, 3.8) is 0 Å². The van der Waals surface area contributed by atoms with Gasteiger partial charge in [-0.2, -0.15) is 15.2 Å². The standard InChI is InChI=1S/C34H42Cl3N5O3/c1-9-33(5,6)21-13-14-26(23(16-21)34(7,8)10-2)45-15-11-12-27(43)38-31-29(28-19(3)39-40-20(28)4)32(44)42(41-31)30-24(36)17-22(35)18-25(30)37/h13-14,16-18,29H,9-12,15H2,1-8H3,(H,39,40)(H,38,41,43). The summed E-state index contributed by atoms with van der Waals surface area (Å²) in [6.45, 7) is 17.3. The number of halogens is 3. The van der Waals surface area contributed by atoms with E-state index in [1.807, 2.05) is 6.92 Å². The molecule has 0 radical (unpaired) electrons. The molecular formula is C34H42Cl3N5O3. The molecule has 11 heteroatoms. The molecule has 4 rings (SSSR count). The lowest BCUT2D eigenvalue weighted by Crippen LogP contribution is -2.36. The van der Waals surface area contributed by atoms with Gasteiger partial charge in [0, 0.05) is 28.3 Å². The Morgan fingerprint density at radius 1 is 1.02 bits per heavy atom. The quantitative estimate of drug-likeness (QED) is 0.199. The van der Waals surface area contributed by atoms with Gasteiger partial charge in [-0.15, -0.1) is 0 Å². The number of H-pyrrole nitrogens is 1. The molecular weight excluding hydrogens is 633 g/mol. The number of nitrogens with one attached hydrogen (secondary N) is 2. The Hall–Kier alpha value is -3.07. The minimum absolute atomic E-state index is 0.0603. The van der Waals surface area contributed by atoms with Crippen molar-refractivity contribution in [2.75, 3.05) is 11.6 Å². The molecule has 2 aromatic carbocycles. The van der Waals surface area contributed by atoms with E-state index in [1.165, 1.54) is 23.3 Å². The van der Waals surface area contributed by atoms with E-state index in [1.54, 1.807) is 6.92 Å². The first kappa shape index (κ1) is 34.8. The van der Waals surface area contributed by atoms with Crippen LogP contribution < -0.4 is 15.1 Å². The third kappa shape index (κ3) is 7.34. The fraction of sp³-hybridized carbons (Fsp3) is 0.471. The Bertz CT molecular complexity index is 1590. The largest absolute Gasteiger partial charge is 0.493 e. The summed E-state index contributed by atoms with van der Waals surface area (Å²) in [5.74, 6) is -0.619. The van der Waals surface area contributed by atoms with Crippen molar-refractivity contribution in [3.8, 4) is 5.75 Å². The number of anilines is 1. The highest BCUT2D eigenvalue weighted by Crippen LogP contribution is 2.42. The highest BCUT2D eigenvalue weighted by Gasteiger charge is 2.42. The number of carbonyl (C=O) groups is 2. The minimum Gasteiger partial charge on any atom is -0.493 e. The number of aromatic amines is 1. The number of ether oxygens (including phenoxy) is 1. The summed E-state index contributed by atoms with van der Waals surface area (Å²) >= 11 is 19.0. The van der Waals surface area contributed by atoms with Crippen molar-refractivity contribution in [2.45, 2.75) is 97.8 Å². The maximum atomic E-state index is 13.8. The molecule has 1 unspecified atom stereocenters. The molecule has 0 bridgehead atoms. The van der Waals surface area contributed by atoms with Gasteiger partial charge in [0.05, 0.1) is 22.3 Å². The van der Waals surface area contributed by atoms with E-state index in [9.17, 15) is 9.59 Å². The van der Waals surface area contributed by atoms with Crippen molar-refractivity contribution in [1.29, 1.82) is 0 Å². The monoisotopic (exact) mass is 673 g/mol. The maximum Gasteiger partial charge on any atom is 0.262 e. The van der Waals surface area contributed by atoms with E-state index in [4.69, 9.17) is 39.5 Å². The van der Waals surface area contributed by atoms with Gasteiger partial charge in [-0.3, -0.25) is 14.7 Å². The average molecular weight is 675 g/mol. The zero-order valence-electron chi connectivity index (χ0n) is 27.2. The van der Waals surface area contributed by atoms with Crippen molar-refractivity contribution in [2.24, 2.45) is 5.10 Å². The summed E-state index contributed by atoms with van der Waals surface area (Å²) in [6, 6.07) is 9.44. The topological polar surface area (TPSA) is 99.7 Å². The molecule has 1 aromatic heterocycles. The summed E-state index contributed by atoms with van der Waals surface area (Å²) < 4.78 is 6.26. The first-order valence-electron chi connectivity index (χ1n) is 15.3. The first-order chi connectivity index (χ1) is 21.1. The Labute approximate surface area is 280 Å². The van der Waals surface area contributed by atoms with Gasteiger partial charge in [0.25, 0.3) is 5.91 Å². The predicted octanol–water partition coefficient (Wildman–Crippen LogP) is 8.78. The lowest BCUT2D eigenvalue weighted by atomic mass is 9.76. The molecule has 0 spiro atoms. The number of aryl methyl sites for hydroxylation is 2. The molecule has 2 heterocycles. The summed E-state index contributed by atoms with van der Waals surface area (Å²) in [6.07, 6.45) is 2.62. The Kier molecular flexibility index (Phi) is 10.6. The van der Waals surface area contributed by atoms with Crippen LogP contribution in [0.4, 0.5) is 5.69 Å². The van der Waals surface area contributed by atoms with Gasteiger partial charge in [-0.25, -0.2) is 0 Å². The molecule has 0 fully saturated rings. The number of amides is 2. The summed E-state index contributed by atoms with van der Waals surface area (Å²) in [5, 5.41) is 16.3. The van der Waals surface area contributed by atoms with Crippen LogP contribution in [-0.2, 0) is 20.4 Å². The van der Waals surface area contributed by atoms with Crippen molar-refractivity contribution >= 4 is 58.1 Å². The number of hydrogen-bond acceptors (Lipinski definition) is 5. The molecule has 45 heavy (non-hydrogen) atoms. The highest BCUT2D eigenvalue weighted by molar-refractivity contribution is 6.43. The van der Waals surface area contributed by atoms with Crippen molar-refractivity contribution in [1.82, 2.24) is 15.5 Å². The first-order valence-corrected chi connectivity index (χ1v) is 16.4. The van der Waals surface area contributed by atoms with Gasteiger partial charge in [0.2, 0.25) is 5.91 Å². The molecule has 3 aromatic rings. The number of hydrazone groups is 1. The van der Waals surface area contributed by atoms with Crippen LogP contribution in [0.3, 0.4) is 0 Å². The summed E-state index contributed by atoms with van der Waals surface area (Å²) in [4.78, 5) is 27.0. The fourth-order valence-corrected chi connectivity index (χ4v) is 6.29. The van der Waals surface area contributed by atoms with E-state index >= 15 is 0 Å². The molecule has 1 atom stereocenters. The van der Waals surface area contributed by atoms with E-state index < -0.39 is 11.8 Å². The van der Waals surface area contributed by atoms with Gasteiger partial charge in [0.1, 0.15) is 23.2 Å². The second kappa shape index (κ2) is 13.7. The Morgan fingerprint density at radius 3 is 2.24 bits per heavy atom. The third-order valence-electron chi connectivity index (χ3n) is 8.94. The highest BCUT2D eigenvalue weighted by atomic mass is 35.5. The van der Waals surface area contributed by atoms with E-state index in [0.29, 0.717) is 35.0 Å². The maximum absolute atomic E-state index is 13.8. The van der Waals surface area contributed by atoms with E-state index in [2.05, 4.69) is 80.4 Å². The number of amidine groups is 1. The number of aromatic nitrogens is 2. The van der Waals surface area contributed by atoms with Crippen LogP contribution in [0.2, 0.25) is 15.1 Å². The molecule has 1 aliphatic rings. The third-order valence-corrected chi connectivity index (χ3v) is 9.73. The molecule has 1 aliphatic heterocycles. The minimum atomic E-state index is -0.906. The SMILES string of the molecule is CCC(C)(C)c1ccc(OCCCC(=O)NC2=NN(c3c(Cl)cc(Cl)cc3Cl)C(=O)C2c2c(C)n[nH]c2C)c(C(C)(C)CC)c1. The second-order valence-corrected chi connectivity index (χ2v) is 14.1. The summed E-state index contributed by atoms with van der Waals surface area (Å²) in [7, 11) is 0. The van der Waals surface area contributed by atoms with Crippen molar-refractivity contribution in [3.05, 3.63) is 73.5 Å². The van der Waals surface area contributed by atoms with Crippen LogP contribution in [0.5, 0.6) is 5.75 Å². The van der Waals surface area contributed by atoms with Crippen molar-refractivity contribution < 1.29 is 14.3 Å². The smallest absolute Gasteiger partial charge is 0.262 e. The van der Waals surface area contributed by atoms with Gasteiger partial charge in [-0.05, 0) is 67.7 Å². The van der Waals surface area contributed by atoms with Crippen LogP contribution in [0.25, 0.3) is 0 Å². The zero-order chi connectivity index (χ0) is 33.3. The van der Waals surface area contributed by atoms with Gasteiger partial charge >= 0.3 is 0 Å². The molecule has 0 aliphatic carbocycles. The van der Waals surface area contributed by atoms with Gasteiger partial charge in [-0.1, -0.05) is 88.5 Å². The lowest BCUT2D eigenvalue weighted by molar-refractivity contribution is -0.119. The second-order valence-electron chi connectivity index (χ2n) is 12.8. The molecule has 0 saturated carbocycles. The Balaban J connectivity index is 1.51. The van der Waals surface area contributed by atoms with Crippen LogP contribution in [0.1, 0.15) is 101 Å². The number of nitrogens with zero attached hydrogens (tertiary/aromatic N) is 3. The summed E-state index contributed by atoms with van der Waals surface area (Å²) in [5.41, 5.74) is 4.57. The molecule has 2 N–H and O–H groups in total. The van der Waals surface area contributed by atoms with E-state index in [-0.39, 0.29) is 44.7 Å². The van der Waals surface area contributed by atoms with Gasteiger partial charge < -0.3 is 10.1 Å². The zero-order valence-corrected chi connectivity index (χ0v) is 29.5. The number of benzene rings is 2. The normalized spacial score (nSPS) is 15.4. The van der Waals surface area contributed by atoms with Gasteiger partial charge in [0.15, 0.2) is 0 Å². The lowest BCUT2D eigenvalue weighted by Gasteiger charge is -2.30. The van der Waals surface area contributed by atoms with Crippen LogP contribution >= 0.6 is 34.8 Å².